The molecule has 5 heteroatoms. The number of anilines is 1. The highest BCUT2D eigenvalue weighted by Crippen LogP contribution is 2.30. The maximum absolute atomic E-state index is 12.6. The minimum absolute atomic E-state index is 0.114. The Morgan fingerprint density at radius 3 is 2.77 bits per heavy atom. The van der Waals surface area contributed by atoms with Gasteiger partial charge in [0.2, 0.25) is 5.91 Å². The first-order valence-corrected chi connectivity index (χ1v) is 8.84. The lowest BCUT2D eigenvalue weighted by atomic mass is 10.0. The molecule has 0 unspecified atom stereocenters. The molecule has 2 heterocycles. The second kappa shape index (κ2) is 6.33. The van der Waals surface area contributed by atoms with E-state index in [-0.39, 0.29) is 24.3 Å². The van der Waals surface area contributed by atoms with Crippen molar-refractivity contribution in [2.45, 2.75) is 32.4 Å². The van der Waals surface area contributed by atoms with Crippen LogP contribution in [0.2, 0.25) is 0 Å². The average molecular weight is 347 g/mol. The molecule has 1 aliphatic rings. The van der Waals surface area contributed by atoms with Gasteiger partial charge in [-0.1, -0.05) is 24.3 Å². The van der Waals surface area contributed by atoms with Gasteiger partial charge in [0, 0.05) is 23.2 Å². The number of benzene rings is 2. The third-order valence-electron chi connectivity index (χ3n) is 4.87. The van der Waals surface area contributed by atoms with Gasteiger partial charge in [0.1, 0.15) is 0 Å². The van der Waals surface area contributed by atoms with Gasteiger partial charge in [-0.05, 0) is 43.7 Å². The number of hydrogen-bond acceptors (Lipinski definition) is 2. The van der Waals surface area contributed by atoms with Crippen molar-refractivity contribution in [3.05, 3.63) is 65.9 Å². The van der Waals surface area contributed by atoms with Gasteiger partial charge in [0.15, 0.2) is 0 Å². The zero-order chi connectivity index (χ0) is 18.3. The molecule has 0 saturated carbocycles. The van der Waals surface area contributed by atoms with Crippen LogP contribution in [0.3, 0.4) is 0 Å². The summed E-state index contributed by atoms with van der Waals surface area (Å²) in [5.41, 5.74) is 3.43. The van der Waals surface area contributed by atoms with Crippen LogP contribution in [0.15, 0.2) is 54.7 Å². The molecule has 132 valence electrons. The third kappa shape index (κ3) is 2.75. The Balaban J connectivity index is 1.55. The molecule has 1 atom stereocenters. The van der Waals surface area contributed by atoms with Gasteiger partial charge in [0.05, 0.1) is 23.7 Å². The maximum atomic E-state index is 12.6. The molecule has 0 fully saturated rings. The molecule has 1 aromatic heterocycles. The van der Waals surface area contributed by atoms with Crippen molar-refractivity contribution in [1.82, 2.24) is 9.88 Å². The van der Waals surface area contributed by atoms with Crippen molar-refractivity contribution >= 4 is 28.4 Å². The van der Waals surface area contributed by atoms with E-state index in [9.17, 15) is 9.59 Å². The van der Waals surface area contributed by atoms with Crippen LogP contribution in [0.1, 0.15) is 48.3 Å². The Morgan fingerprint density at radius 1 is 1.15 bits per heavy atom. The number of amides is 2. The van der Waals surface area contributed by atoms with Crippen LogP contribution in [0, 0.1) is 0 Å². The summed E-state index contributed by atoms with van der Waals surface area (Å²) in [7, 11) is 0. The van der Waals surface area contributed by atoms with Crippen LogP contribution in [0.5, 0.6) is 0 Å². The zero-order valence-corrected chi connectivity index (χ0v) is 14.8. The van der Waals surface area contributed by atoms with E-state index in [1.165, 1.54) is 0 Å². The number of carbonyl (C=O) groups is 2. The molecule has 0 aliphatic carbocycles. The number of carbonyl (C=O) groups excluding carboxylic acids is 2. The van der Waals surface area contributed by atoms with Gasteiger partial charge < -0.3 is 15.2 Å². The van der Waals surface area contributed by atoms with Gasteiger partial charge in [-0.25, -0.2) is 0 Å². The Bertz CT molecular complexity index is 1000. The molecule has 4 rings (SSSR count). The predicted molar refractivity (Wildman–Crippen MR) is 102 cm³/mol. The number of hydrogen-bond donors (Lipinski definition) is 2. The normalized spacial score (nSPS) is 16.0. The van der Waals surface area contributed by atoms with Gasteiger partial charge in [-0.15, -0.1) is 0 Å². The van der Waals surface area contributed by atoms with Crippen LogP contribution in [-0.4, -0.2) is 16.4 Å². The molecule has 0 bridgehead atoms. The summed E-state index contributed by atoms with van der Waals surface area (Å²) in [5, 5.41) is 6.91. The molecule has 0 spiro atoms. The summed E-state index contributed by atoms with van der Waals surface area (Å²) in [6.45, 7) is 4.26. The van der Waals surface area contributed by atoms with E-state index in [1.54, 1.807) is 6.07 Å². The first-order valence-electron chi connectivity index (χ1n) is 8.84. The van der Waals surface area contributed by atoms with Crippen molar-refractivity contribution in [3.63, 3.8) is 0 Å². The fraction of sp³-hybridized carbons (Fsp3) is 0.238. The van der Waals surface area contributed by atoms with Crippen molar-refractivity contribution in [2.75, 3.05) is 5.32 Å². The molecule has 26 heavy (non-hydrogen) atoms. The van der Waals surface area contributed by atoms with E-state index in [1.807, 2.05) is 42.6 Å². The van der Waals surface area contributed by atoms with Crippen molar-refractivity contribution in [2.24, 2.45) is 0 Å². The largest absolute Gasteiger partial charge is 0.345 e. The quantitative estimate of drug-likeness (QED) is 0.748. The molecule has 2 aromatic carbocycles. The standard InChI is InChI=1S/C21H21N3O2/c1-13(2)24-11-10-16-17(8-5-9-19(16)24)22-20(25)12-18-14-6-3-4-7-15(14)21(26)23-18/h3-11,13,18H,12H2,1-2H3,(H,22,25)(H,23,26)/t18-/m1/s1. The fourth-order valence-corrected chi connectivity index (χ4v) is 3.62. The topological polar surface area (TPSA) is 63.1 Å². The molecular formula is C21H21N3O2. The second-order valence-corrected chi connectivity index (χ2v) is 6.92. The van der Waals surface area contributed by atoms with E-state index in [4.69, 9.17) is 0 Å². The number of fused-ring (bicyclic) bond motifs is 2. The van der Waals surface area contributed by atoms with Crippen LogP contribution < -0.4 is 10.6 Å². The number of nitrogens with one attached hydrogen (secondary N) is 2. The van der Waals surface area contributed by atoms with Crippen molar-refractivity contribution < 1.29 is 9.59 Å². The van der Waals surface area contributed by atoms with Crippen molar-refractivity contribution in [1.29, 1.82) is 0 Å². The number of nitrogens with zero attached hydrogens (tertiary/aromatic N) is 1. The molecule has 1 aliphatic heterocycles. The van der Waals surface area contributed by atoms with Gasteiger partial charge in [-0.2, -0.15) is 0 Å². The average Bonchev–Trinajstić information content (AvgIpc) is 3.18. The molecule has 3 aromatic rings. The van der Waals surface area contributed by atoms with Crippen LogP contribution >= 0.6 is 0 Å². The summed E-state index contributed by atoms with van der Waals surface area (Å²) < 4.78 is 2.18. The van der Waals surface area contributed by atoms with Gasteiger partial charge in [0.25, 0.3) is 5.91 Å². The highest BCUT2D eigenvalue weighted by Gasteiger charge is 2.29. The van der Waals surface area contributed by atoms with Gasteiger partial charge >= 0.3 is 0 Å². The molecule has 5 nitrogen and oxygen atoms in total. The van der Waals surface area contributed by atoms with E-state index in [0.29, 0.717) is 11.6 Å². The highest BCUT2D eigenvalue weighted by molar-refractivity contribution is 6.03. The lowest BCUT2D eigenvalue weighted by molar-refractivity contribution is -0.116. The van der Waals surface area contributed by atoms with Gasteiger partial charge in [-0.3, -0.25) is 9.59 Å². The van der Waals surface area contributed by atoms with Crippen molar-refractivity contribution in [3.8, 4) is 0 Å². The summed E-state index contributed by atoms with van der Waals surface area (Å²) in [6.07, 6.45) is 2.25. The number of aromatic nitrogens is 1. The molecule has 0 saturated heterocycles. The first-order chi connectivity index (χ1) is 12.5. The molecule has 2 N–H and O–H groups in total. The summed E-state index contributed by atoms with van der Waals surface area (Å²) in [5.74, 6) is -0.230. The lowest BCUT2D eigenvalue weighted by Gasteiger charge is -2.13. The predicted octanol–water partition coefficient (Wildman–Crippen LogP) is 4.04. The monoisotopic (exact) mass is 347 g/mol. The summed E-state index contributed by atoms with van der Waals surface area (Å²) in [4.78, 5) is 24.6. The van der Waals surface area contributed by atoms with Crippen LogP contribution in [0.4, 0.5) is 5.69 Å². The number of rotatable bonds is 4. The Labute approximate surface area is 152 Å². The smallest absolute Gasteiger partial charge is 0.252 e. The Hall–Kier alpha value is -3.08. The van der Waals surface area contributed by atoms with E-state index in [2.05, 4.69) is 35.1 Å². The Kier molecular flexibility index (Phi) is 3.99. The van der Waals surface area contributed by atoms with Crippen LogP contribution in [-0.2, 0) is 4.79 Å². The lowest BCUT2D eigenvalue weighted by Crippen LogP contribution is -2.24. The highest BCUT2D eigenvalue weighted by atomic mass is 16.2. The third-order valence-corrected chi connectivity index (χ3v) is 4.87. The maximum Gasteiger partial charge on any atom is 0.252 e. The van der Waals surface area contributed by atoms with E-state index < -0.39 is 0 Å². The first kappa shape index (κ1) is 16.4. The van der Waals surface area contributed by atoms with Crippen LogP contribution in [0.25, 0.3) is 10.9 Å². The molecular weight excluding hydrogens is 326 g/mol. The SMILES string of the molecule is CC(C)n1ccc2c(NC(=O)C[C@H]3NC(=O)c4ccccc43)cccc21. The Morgan fingerprint density at radius 2 is 1.96 bits per heavy atom. The zero-order valence-electron chi connectivity index (χ0n) is 14.8. The fourth-order valence-electron chi connectivity index (χ4n) is 3.62. The summed E-state index contributed by atoms with van der Waals surface area (Å²) in [6, 6.07) is 15.4. The molecule has 0 radical (unpaired) electrons. The van der Waals surface area contributed by atoms with E-state index in [0.717, 1.165) is 22.2 Å². The molecule has 2 amide bonds. The minimum Gasteiger partial charge on any atom is -0.345 e. The minimum atomic E-state index is -0.279. The summed E-state index contributed by atoms with van der Waals surface area (Å²) >= 11 is 0. The second-order valence-electron chi connectivity index (χ2n) is 6.92. The van der Waals surface area contributed by atoms with E-state index >= 15 is 0 Å².